The second kappa shape index (κ2) is 8.19. The number of hydrogen-bond donors (Lipinski definition) is 1. The Bertz CT molecular complexity index is 637. The summed E-state index contributed by atoms with van der Waals surface area (Å²) >= 11 is 0. The van der Waals surface area contributed by atoms with Gasteiger partial charge in [0, 0.05) is 12.8 Å². The minimum atomic E-state index is -0.595. The lowest BCUT2D eigenvalue weighted by atomic mass is 9.94. The van der Waals surface area contributed by atoms with E-state index in [4.69, 9.17) is 9.47 Å². The molecule has 7 atom stereocenters. The van der Waals surface area contributed by atoms with Gasteiger partial charge >= 0.3 is 5.97 Å². The van der Waals surface area contributed by atoms with Crippen molar-refractivity contribution in [3.8, 4) is 0 Å². The average molecular weight is 440 g/mol. The van der Waals surface area contributed by atoms with Gasteiger partial charge in [0.2, 0.25) is 0 Å². The van der Waals surface area contributed by atoms with Gasteiger partial charge in [-0.3, -0.25) is 4.79 Å². The van der Waals surface area contributed by atoms with Gasteiger partial charge in [-0.05, 0) is 12.0 Å². The van der Waals surface area contributed by atoms with Crippen LogP contribution in [0.25, 0.3) is 0 Å². The molecule has 3 heterocycles. The van der Waals surface area contributed by atoms with Crippen molar-refractivity contribution in [2.24, 2.45) is 0 Å². The maximum atomic E-state index is 12.7. The third-order valence-corrected chi connectivity index (χ3v) is 6.79. The molecule has 2 bridgehead atoms. The topological polar surface area (TPSA) is 59.1 Å². The molecule has 4 rings (SSSR count). The zero-order valence-corrected chi connectivity index (χ0v) is 17.7. The Balaban J connectivity index is 0.00000210. The highest BCUT2D eigenvalue weighted by molar-refractivity contribution is 5.78. The Hall–Kier alpha value is -0.950. The number of epoxide rings is 1. The van der Waals surface area contributed by atoms with Crippen molar-refractivity contribution < 1.29 is 40.8 Å². The summed E-state index contributed by atoms with van der Waals surface area (Å²) in [5.74, 6) is -0.898. The van der Waals surface area contributed by atoms with E-state index in [1.807, 2.05) is 30.3 Å². The number of piperidine rings is 1. The summed E-state index contributed by atoms with van der Waals surface area (Å²) in [5, 5.41) is 9.70. The number of benzene rings is 1. The second-order valence-corrected chi connectivity index (χ2v) is 8.30. The number of unbranched alkanes of at least 4 members (excludes halogenated alkanes) is 1. The van der Waals surface area contributed by atoms with E-state index in [1.165, 1.54) is 19.4 Å². The van der Waals surface area contributed by atoms with Gasteiger partial charge < -0.3 is 36.0 Å². The highest BCUT2D eigenvalue weighted by Crippen LogP contribution is 2.52. The number of quaternary nitrogens is 1. The number of nitrogens with zero attached hydrogens (tertiary/aromatic N) is 1. The summed E-state index contributed by atoms with van der Waals surface area (Å²) in [6.07, 6.45) is 4.83. The number of ether oxygens (including phenoxy) is 2. The first-order valence-corrected chi connectivity index (χ1v) is 9.95. The summed E-state index contributed by atoms with van der Waals surface area (Å²) in [6.45, 7) is 3.20. The molecule has 0 radical (unpaired) electrons. The van der Waals surface area contributed by atoms with E-state index in [0.29, 0.717) is 24.3 Å². The first-order valence-electron chi connectivity index (χ1n) is 9.95. The number of morpholine rings is 1. The molecule has 150 valence electrons. The van der Waals surface area contributed by atoms with Crippen LogP contribution < -0.4 is 17.0 Å². The number of carbonyl (C=O) groups is 1. The number of aliphatic hydroxyl groups is 1. The van der Waals surface area contributed by atoms with Crippen molar-refractivity contribution in [1.29, 1.82) is 0 Å². The first kappa shape index (κ1) is 20.8. The predicted molar refractivity (Wildman–Crippen MR) is 97.6 cm³/mol. The van der Waals surface area contributed by atoms with Gasteiger partial charge in [0.05, 0.1) is 20.2 Å². The number of esters is 1. The molecule has 3 aliphatic heterocycles. The van der Waals surface area contributed by atoms with Crippen LogP contribution in [0.15, 0.2) is 30.3 Å². The van der Waals surface area contributed by atoms with Crippen LogP contribution in [0, 0.1) is 0 Å². The first-order chi connectivity index (χ1) is 12.6. The Morgan fingerprint density at radius 1 is 1.26 bits per heavy atom. The third-order valence-electron chi connectivity index (χ3n) is 6.79. The molecule has 5 nitrogen and oxygen atoms in total. The number of hydrogen-bond acceptors (Lipinski definition) is 4. The lowest BCUT2D eigenvalue weighted by molar-refractivity contribution is -0.956. The van der Waals surface area contributed by atoms with E-state index in [1.54, 1.807) is 0 Å². The smallest absolute Gasteiger partial charge is 0.316 e. The summed E-state index contributed by atoms with van der Waals surface area (Å²) < 4.78 is 12.9. The summed E-state index contributed by atoms with van der Waals surface area (Å²) in [5.41, 5.74) is 0.813. The number of likely N-dealkylation sites (N-methyl/N-ethyl adjacent to an activating group) is 1. The van der Waals surface area contributed by atoms with Crippen LogP contribution in [-0.4, -0.2) is 66.2 Å². The fraction of sp³-hybridized carbons (Fsp3) is 0.667. The van der Waals surface area contributed by atoms with Crippen molar-refractivity contribution in [2.45, 2.75) is 68.9 Å². The molecule has 3 aliphatic rings. The summed E-state index contributed by atoms with van der Waals surface area (Å²) in [6, 6.07) is 10.3. The number of rotatable bonds is 7. The molecule has 0 saturated carbocycles. The minimum absolute atomic E-state index is 0. The molecule has 0 aliphatic carbocycles. The SMILES string of the molecule is CCCC[N+]1(C)[C@@H]2CC(OC(=O)[C@H](CO)c3ccccc3)C[C@H]1C1OC12.[Br-]. The lowest BCUT2D eigenvalue weighted by Crippen LogP contribution is -3.00. The number of aliphatic hydroxyl groups excluding tert-OH is 1. The molecular weight excluding hydrogens is 410 g/mol. The third kappa shape index (κ3) is 3.69. The highest BCUT2D eigenvalue weighted by atomic mass is 79.9. The van der Waals surface area contributed by atoms with Crippen LogP contribution in [0.2, 0.25) is 0 Å². The summed E-state index contributed by atoms with van der Waals surface area (Å²) in [7, 11) is 2.36. The molecule has 1 N–H and O–H groups in total. The van der Waals surface area contributed by atoms with Crippen LogP contribution in [0.4, 0.5) is 0 Å². The quantitative estimate of drug-likeness (QED) is 0.344. The molecule has 0 spiro atoms. The van der Waals surface area contributed by atoms with Crippen molar-refractivity contribution in [2.75, 3.05) is 20.2 Å². The second-order valence-electron chi connectivity index (χ2n) is 8.30. The zero-order chi connectivity index (χ0) is 18.3. The van der Waals surface area contributed by atoms with E-state index in [9.17, 15) is 9.90 Å². The average Bonchev–Trinajstić information content (AvgIpc) is 3.40. The van der Waals surface area contributed by atoms with Crippen molar-refractivity contribution in [3.63, 3.8) is 0 Å². The fourth-order valence-electron chi connectivity index (χ4n) is 5.23. The molecule has 0 amide bonds. The van der Waals surface area contributed by atoms with Crippen LogP contribution in [0.5, 0.6) is 0 Å². The number of carbonyl (C=O) groups excluding carboxylic acids is 1. The Labute approximate surface area is 172 Å². The van der Waals surface area contributed by atoms with Gasteiger partial charge in [0.15, 0.2) is 0 Å². The molecule has 27 heavy (non-hydrogen) atoms. The van der Waals surface area contributed by atoms with Crippen LogP contribution in [0.3, 0.4) is 0 Å². The Kier molecular flexibility index (Phi) is 6.31. The fourth-order valence-corrected chi connectivity index (χ4v) is 5.23. The van der Waals surface area contributed by atoms with E-state index in [2.05, 4.69) is 14.0 Å². The van der Waals surface area contributed by atoms with Crippen LogP contribution >= 0.6 is 0 Å². The van der Waals surface area contributed by atoms with Crippen molar-refractivity contribution in [1.82, 2.24) is 0 Å². The van der Waals surface area contributed by atoms with Crippen molar-refractivity contribution >= 4 is 5.97 Å². The molecule has 1 aromatic rings. The number of halogens is 1. The van der Waals surface area contributed by atoms with Gasteiger partial charge in [0.1, 0.15) is 36.3 Å². The molecule has 0 aromatic heterocycles. The summed E-state index contributed by atoms with van der Waals surface area (Å²) in [4.78, 5) is 12.7. The largest absolute Gasteiger partial charge is 1.00 e. The normalized spacial score (nSPS) is 37.1. The van der Waals surface area contributed by atoms with E-state index in [0.717, 1.165) is 22.9 Å². The molecule has 3 saturated heterocycles. The lowest BCUT2D eigenvalue weighted by Gasteiger charge is -2.48. The predicted octanol–water partition coefficient (Wildman–Crippen LogP) is -0.763. The van der Waals surface area contributed by atoms with E-state index >= 15 is 0 Å². The Morgan fingerprint density at radius 3 is 2.44 bits per heavy atom. The van der Waals surface area contributed by atoms with Crippen LogP contribution in [-0.2, 0) is 14.3 Å². The number of fused-ring (bicyclic) bond motifs is 5. The Morgan fingerprint density at radius 2 is 1.89 bits per heavy atom. The van der Waals surface area contributed by atoms with E-state index in [-0.39, 0.29) is 35.7 Å². The van der Waals surface area contributed by atoms with Crippen LogP contribution in [0.1, 0.15) is 44.1 Å². The maximum Gasteiger partial charge on any atom is 0.316 e. The van der Waals surface area contributed by atoms with Crippen molar-refractivity contribution in [3.05, 3.63) is 35.9 Å². The molecule has 6 heteroatoms. The standard InChI is InChI=1S/C21H30NO4.BrH/c1-3-4-10-22(2)17-11-15(12-18(22)20-19(17)26-20)25-21(24)16(13-23)14-8-6-5-7-9-14;/h5-9,15-20,23H,3-4,10-13H2,1-2H3;1H/q+1;/p-1/t15?,16-,17-,18+,19?,20?,22?;/m1./s1. The monoisotopic (exact) mass is 439 g/mol. The minimum Gasteiger partial charge on any atom is -1.00 e. The van der Waals surface area contributed by atoms with Gasteiger partial charge in [-0.1, -0.05) is 43.7 Å². The highest BCUT2D eigenvalue weighted by Gasteiger charge is 2.71. The van der Waals surface area contributed by atoms with Gasteiger partial charge in [-0.15, -0.1) is 0 Å². The van der Waals surface area contributed by atoms with Gasteiger partial charge in [-0.25, -0.2) is 0 Å². The maximum absolute atomic E-state index is 12.7. The van der Waals surface area contributed by atoms with E-state index < -0.39 is 5.92 Å². The molecule has 1 aromatic carbocycles. The van der Waals surface area contributed by atoms with Gasteiger partial charge in [-0.2, -0.15) is 0 Å². The van der Waals surface area contributed by atoms with Gasteiger partial charge in [0.25, 0.3) is 0 Å². The molecular formula is C21H30BrNO4. The zero-order valence-electron chi connectivity index (χ0n) is 16.1. The molecule has 4 unspecified atom stereocenters. The molecule has 3 fully saturated rings.